The van der Waals surface area contributed by atoms with Crippen LogP contribution in [0.15, 0.2) is 72.8 Å². The maximum Gasteiger partial charge on any atom is 0.336 e. The van der Waals surface area contributed by atoms with Crippen molar-refractivity contribution in [2.24, 2.45) is 0 Å². The molecule has 0 bridgehead atoms. The number of carbonyl (C=O) groups excluding carboxylic acids is 1. The van der Waals surface area contributed by atoms with Gasteiger partial charge in [-0.3, -0.25) is 4.79 Å². The van der Waals surface area contributed by atoms with E-state index < -0.39 is 11.7 Å². The third-order valence-corrected chi connectivity index (χ3v) is 4.40. The minimum Gasteiger partial charge on any atom is -0.463 e. The average Bonchev–Trinajstić information content (AvgIpc) is 3.19. The number of halogens is 2. The standard InChI is InChI=1S/C23H18F2N4O2/c1-2-31-23-27-21(15-9-11-17(24)12-10-15)29(28-23)20-8-4-7-19(14-20)26-22(30)16-5-3-6-18(25)13-16/h3-14H,2H2,1H3,(H,26,30). The minimum atomic E-state index is -0.489. The first-order valence-corrected chi connectivity index (χ1v) is 9.56. The van der Waals surface area contributed by atoms with Gasteiger partial charge in [-0.25, -0.2) is 13.5 Å². The van der Waals surface area contributed by atoms with Gasteiger partial charge in [0.05, 0.1) is 12.3 Å². The van der Waals surface area contributed by atoms with Crippen LogP contribution >= 0.6 is 0 Å². The zero-order chi connectivity index (χ0) is 21.8. The van der Waals surface area contributed by atoms with Crippen LogP contribution in [0.3, 0.4) is 0 Å². The van der Waals surface area contributed by atoms with Crippen molar-refractivity contribution in [3.8, 4) is 23.1 Å². The maximum absolute atomic E-state index is 13.4. The predicted octanol–water partition coefficient (Wildman–Crippen LogP) is 4.86. The number of hydrogen-bond acceptors (Lipinski definition) is 4. The Hall–Kier alpha value is -4.07. The highest BCUT2D eigenvalue weighted by Gasteiger charge is 2.16. The van der Waals surface area contributed by atoms with Crippen molar-refractivity contribution in [1.29, 1.82) is 0 Å². The van der Waals surface area contributed by atoms with Gasteiger partial charge in [0.15, 0.2) is 5.82 Å². The number of benzene rings is 3. The van der Waals surface area contributed by atoms with Crippen molar-refractivity contribution >= 4 is 11.6 Å². The van der Waals surface area contributed by atoms with Gasteiger partial charge >= 0.3 is 6.01 Å². The van der Waals surface area contributed by atoms with Crippen LogP contribution < -0.4 is 10.1 Å². The van der Waals surface area contributed by atoms with Gasteiger partial charge in [-0.05, 0) is 67.6 Å². The second-order valence-corrected chi connectivity index (χ2v) is 6.58. The molecule has 1 aromatic heterocycles. The summed E-state index contributed by atoms with van der Waals surface area (Å²) < 4.78 is 33.8. The summed E-state index contributed by atoms with van der Waals surface area (Å²) in [7, 11) is 0. The summed E-state index contributed by atoms with van der Waals surface area (Å²) in [5.41, 5.74) is 1.95. The molecule has 1 N–H and O–H groups in total. The molecule has 0 aliphatic carbocycles. The number of ether oxygens (including phenoxy) is 1. The Morgan fingerprint density at radius 2 is 1.77 bits per heavy atom. The van der Waals surface area contributed by atoms with Crippen molar-refractivity contribution < 1.29 is 18.3 Å². The van der Waals surface area contributed by atoms with Crippen molar-refractivity contribution in [1.82, 2.24) is 14.8 Å². The summed E-state index contributed by atoms with van der Waals surface area (Å²) >= 11 is 0. The summed E-state index contributed by atoms with van der Waals surface area (Å²) in [6.07, 6.45) is 0. The monoisotopic (exact) mass is 420 g/mol. The van der Waals surface area contributed by atoms with Gasteiger partial charge in [0.1, 0.15) is 11.6 Å². The number of carbonyl (C=O) groups is 1. The van der Waals surface area contributed by atoms with E-state index in [0.29, 0.717) is 29.4 Å². The van der Waals surface area contributed by atoms with Gasteiger partial charge in [0.25, 0.3) is 5.91 Å². The Labute approximate surface area is 177 Å². The smallest absolute Gasteiger partial charge is 0.336 e. The SMILES string of the molecule is CCOc1nc(-c2ccc(F)cc2)n(-c2cccc(NC(=O)c3cccc(F)c3)c2)n1. The van der Waals surface area contributed by atoms with E-state index in [-0.39, 0.29) is 17.4 Å². The molecule has 4 aromatic rings. The summed E-state index contributed by atoms with van der Waals surface area (Å²) in [5.74, 6) is -0.834. The van der Waals surface area contributed by atoms with E-state index in [4.69, 9.17) is 4.74 Å². The van der Waals surface area contributed by atoms with Gasteiger partial charge in [-0.15, -0.1) is 5.10 Å². The van der Waals surface area contributed by atoms with Crippen molar-refractivity contribution in [2.45, 2.75) is 6.92 Å². The van der Waals surface area contributed by atoms with E-state index in [0.717, 1.165) is 6.07 Å². The molecule has 3 aromatic carbocycles. The Morgan fingerprint density at radius 3 is 2.52 bits per heavy atom. The Morgan fingerprint density at radius 1 is 1.00 bits per heavy atom. The fourth-order valence-corrected chi connectivity index (χ4v) is 3.00. The Bertz CT molecular complexity index is 1220. The second kappa shape index (κ2) is 8.74. The quantitative estimate of drug-likeness (QED) is 0.484. The minimum absolute atomic E-state index is 0.177. The van der Waals surface area contributed by atoms with E-state index in [9.17, 15) is 13.6 Å². The lowest BCUT2D eigenvalue weighted by Gasteiger charge is -2.09. The van der Waals surface area contributed by atoms with E-state index in [1.807, 2.05) is 6.92 Å². The highest BCUT2D eigenvalue weighted by Crippen LogP contribution is 2.25. The van der Waals surface area contributed by atoms with Gasteiger partial charge < -0.3 is 10.1 Å². The first-order chi connectivity index (χ1) is 15.0. The lowest BCUT2D eigenvalue weighted by molar-refractivity contribution is 0.102. The van der Waals surface area contributed by atoms with Crippen LogP contribution in [0.2, 0.25) is 0 Å². The lowest BCUT2D eigenvalue weighted by Crippen LogP contribution is -2.12. The third-order valence-electron chi connectivity index (χ3n) is 4.40. The summed E-state index contributed by atoms with van der Waals surface area (Å²) in [5, 5.41) is 7.13. The zero-order valence-electron chi connectivity index (χ0n) is 16.5. The average molecular weight is 420 g/mol. The fourth-order valence-electron chi connectivity index (χ4n) is 3.00. The molecule has 4 rings (SSSR count). The van der Waals surface area contributed by atoms with Crippen LogP contribution in [0.4, 0.5) is 14.5 Å². The molecule has 1 heterocycles. The highest BCUT2D eigenvalue weighted by molar-refractivity contribution is 6.04. The Balaban J connectivity index is 1.68. The molecule has 0 atom stereocenters. The van der Waals surface area contributed by atoms with Crippen LogP contribution in [0.25, 0.3) is 17.1 Å². The largest absolute Gasteiger partial charge is 0.463 e. The zero-order valence-corrected chi connectivity index (χ0v) is 16.5. The first-order valence-electron chi connectivity index (χ1n) is 9.56. The highest BCUT2D eigenvalue weighted by atomic mass is 19.1. The van der Waals surface area contributed by atoms with E-state index in [1.165, 1.54) is 30.3 Å². The molecule has 31 heavy (non-hydrogen) atoms. The molecule has 0 saturated heterocycles. The summed E-state index contributed by atoms with van der Waals surface area (Å²) in [4.78, 5) is 16.9. The number of anilines is 1. The number of amides is 1. The molecule has 0 fully saturated rings. The van der Waals surface area contributed by atoms with Gasteiger partial charge in [0, 0.05) is 16.8 Å². The Kier molecular flexibility index (Phi) is 5.70. The number of nitrogens with zero attached hydrogens (tertiary/aromatic N) is 3. The molecule has 156 valence electrons. The van der Waals surface area contributed by atoms with Crippen molar-refractivity contribution in [3.05, 3.63) is 90.0 Å². The van der Waals surface area contributed by atoms with E-state index >= 15 is 0 Å². The molecular weight excluding hydrogens is 402 g/mol. The molecule has 0 unspecified atom stereocenters. The molecule has 1 amide bonds. The molecule has 0 aliphatic heterocycles. The number of aromatic nitrogens is 3. The first kappa shape index (κ1) is 20.2. The van der Waals surface area contributed by atoms with Crippen LogP contribution in [0.5, 0.6) is 6.01 Å². The molecule has 8 heteroatoms. The second-order valence-electron chi connectivity index (χ2n) is 6.58. The van der Waals surface area contributed by atoms with Crippen molar-refractivity contribution in [2.75, 3.05) is 11.9 Å². The van der Waals surface area contributed by atoms with Gasteiger partial charge in [-0.2, -0.15) is 4.98 Å². The fraction of sp³-hybridized carbons (Fsp3) is 0.0870. The van der Waals surface area contributed by atoms with Gasteiger partial charge in [-0.1, -0.05) is 12.1 Å². The van der Waals surface area contributed by atoms with Crippen LogP contribution in [-0.2, 0) is 0 Å². The molecule has 0 saturated carbocycles. The molecule has 0 aliphatic rings. The molecule has 0 spiro atoms. The lowest BCUT2D eigenvalue weighted by atomic mass is 10.2. The maximum atomic E-state index is 13.4. The van der Waals surface area contributed by atoms with Gasteiger partial charge in [0.2, 0.25) is 0 Å². The number of hydrogen-bond donors (Lipinski definition) is 1. The van der Waals surface area contributed by atoms with Crippen LogP contribution in [0.1, 0.15) is 17.3 Å². The normalized spacial score (nSPS) is 10.7. The van der Waals surface area contributed by atoms with Crippen molar-refractivity contribution in [3.63, 3.8) is 0 Å². The molecule has 0 radical (unpaired) electrons. The van der Waals surface area contributed by atoms with Crippen LogP contribution in [-0.4, -0.2) is 27.3 Å². The topological polar surface area (TPSA) is 69.0 Å². The number of nitrogens with one attached hydrogen (secondary N) is 1. The molecular formula is C23H18F2N4O2. The van der Waals surface area contributed by atoms with E-state index in [2.05, 4.69) is 15.4 Å². The van der Waals surface area contributed by atoms with E-state index in [1.54, 1.807) is 41.1 Å². The third kappa shape index (κ3) is 4.58. The summed E-state index contributed by atoms with van der Waals surface area (Å²) in [6.45, 7) is 2.21. The predicted molar refractivity (Wildman–Crippen MR) is 112 cm³/mol. The molecule has 6 nitrogen and oxygen atoms in total. The summed E-state index contributed by atoms with van der Waals surface area (Å²) in [6, 6.07) is 18.4. The van der Waals surface area contributed by atoms with Crippen LogP contribution in [0, 0.1) is 11.6 Å². The number of rotatable bonds is 6.